The molecule has 2 nitrogen and oxygen atoms in total. The first-order valence-corrected chi connectivity index (χ1v) is 7.68. The van der Waals surface area contributed by atoms with Crippen molar-refractivity contribution in [3.8, 4) is 5.75 Å². The molecule has 3 unspecified atom stereocenters. The number of allylic oxidation sites excluding steroid dienone is 2. The van der Waals surface area contributed by atoms with Crippen molar-refractivity contribution in [2.45, 2.75) is 46.1 Å². The van der Waals surface area contributed by atoms with Gasteiger partial charge in [-0.05, 0) is 55.7 Å². The van der Waals surface area contributed by atoms with Gasteiger partial charge in [0.05, 0.1) is 12.7 Å². The molecule has 1 N–H and O–H groups in total. The second kappa shape index (κ2) is 6.94. The van der Waals surface area contributed by atoms with Gasteiger partial charge in [-0.25, -0.2) is 0 Å². The number of hydrogen-bond donors (Lipinski definition) is 1. The van der Waals surface area contributed by atoms with E-state index in [2.05, 4.69) is 26.8 Å². The third-order valence-corrected chi connectivity index (χ3v) is 3.97. The van der Waals surface area contributed by atoms with E-state index in [0.29, 0.717) is 11.8 Å². The fourth-order valence-electron chi connectivity index (χ4n) is 3.09. The van der Waals surface area contributed by atoms with Crippen molar-refractivity contribution in [3.63, 3.8) is 0 Å². The van der Waals surface area contributed by atoms with Crippen LogP contribution in [0.15, 0.2) is 35.9 Å². The molecule has 0 saturated heterocycles. The number of ether oxygens (including phenoxy) is 1. The molecule has 1 aliphatic rings. The average Bonchev–Trinajstić information content (AvgIpc) is 2.44. The number of hydrogen-bond acceptors (Lipinski definition) is 2. The molecule has 0 spiro atoms. The first-order chi connectivity index (χ1) is 9.60. The van der Waals surface area contributed by atoms with Gasteiger partial charge in [0, 0.05) is 0 Å². The van der Waals surface area contributed by atoms with Crippen LogP contribution >= 0.6 is 0 Å². The minimum atomic E-state index is -0.374. The van der Waals surface area contributed by atoms with Gasteiger partial charge < -0.3 is 9.84 Å². The Labute approximate surface area is 122 Å². The predicted octanol–water partition coefficient (Wildman–Crippen LogP) is 4.50. The molecule has 1 aliphatic carbocycles. The van der Waals surface area contributed by atoms with E-state index in [9.17, 15) is 5.11 Å². The Bertz CT molecular complexity index is 447. The van der Waals surface area contributed by atoms with E-state index in [4.69, 9.17) is 4.74 Å². The van der Waals surface area contributed by atoms with E-state index in [1.165, 1.54) is 5.57 Å². The van der Waals surface area contributed by atoms with Gasteiger partial charge in [-0.15, -0.1) is 0 Å². The van der Waals surface area contributed by atoms with Crippen LogP contribution in [0.25, 0.3) is 0 Å². The van der Waals surface area contributed by atoms with Gasteiger partial charge in [-0.2, -0.15) is 0 Å². The zero-order chi connectivity index (χ0) is 14.5. The lowest BCUT2D eigenvalue weighted by atomic mass is 9.79. The van der Waals surface area contributed by atoms with E-state index < -0.39 is 0 Å². The quantitative estimate of drug-likeness (QED) is 0.801. The van der Waals surface area contributed by atoms with Crippen LogP contribution in [-0.2, 0) is 0 Å². The van der Waals surface area contributed by atoms with Crippen LogP contribution in [-0.4, -0.2) is 11.7 Å². The highest BCUT2D eigenvalue weighted by molar-refractivity contribution is 5.29. The number of aliphatic hydroxyl groups is 1. The summed E-state index contributed by atoms with van der Waals surface area (Å²) in [7, 11) is 0. The first-order valence-electron chi connectivity index (χ1n) is 7.68. The van der Waals surface area contributed by atoms with Crippen molar-refractivity contribution in [2.24, 2.45) is 11.8 Å². The Morgan fingerprint density at radius 1 is 1.30 bits per heavy atom. The molecule has 110 valence electrons. The normalized spacial score (nSPS) is 24.1. The predicted molar refractivity (Wildman–Crippen MR) is 82.8 cm³/mol. The fourth-order valence-corrected chi connectivity index (χ4v) is 3.09. The summed E-state index contributed by atoms with van der Waals surface area (Å²) in [5.41, 5.74) is 2.40. The van der Waals surface area contributed by atoms with Crippen LogP contribution in [0.4, 0.5) is 0 Å². The second-order valence-electron chi connectivity index (χ2n) is 6.05. The molecule has 0 aliphatic heterocycles. The third-order valence-electron chi connectivity index (χ3n) is 3.97. The van der Waals surface area contributed by atoms with Gasteiger partial charge in [0.25, 0.3) is 0 Å². The lowest BCUT2D eigenvalue weighted by molar-refractivity contribution is 0.0932. The average molecular weight is 274 g/mol. The molecule has 0 saturated carbocycles. The molecular formula is C18H26O2. The summed E-state index contributed by atoms with van der Waals surface area (Å²) in [4.78, 5) is 0. The lowest BCUT2D eigenvalue weighted by Crippen LogP contribution is -2.19. The molecule has 0 radical (unpaired) electrons. The van der Waals surface area contributed by atoms with Gasteiger partial charge in [0.2, 0.25) is 0 Å². The van der Waals surface area contributed by atoms with Crippen molar-refractivity contribution < 1.29 is 9.84 Å². The summed E-state index contributed by atoms with van der Waals surface area (Å²) in [5, 5.41) is 10.6. The maximum Gasteiger partial charge on any atom is 0.119 e. The monoisotopic (exact) mass is 274 g/mol. The molecular weight excluding hydrogens is 248 g/mol. The largest absolute Gasteiger partial charge is 0.494 e. The first kappa shape index (κ1) is 15.1. The standard InChI is InChI=1S/C18H26O2/c1-4-9-20-17-7-5-15(6-8-17)18(19)16-11-13(2)10-14(3)12-16/h5-8,10,13,16,18-19H,4,9,11-12H2,1-3H3. The highest BCUT2D eigenvalue weighted by atomic mass is 16.5. The van der Waals surface area contributed by atoms with Crippen molar-refractivity contribution >= 4 is 0 Å². The fraction of sp³-hybridized carbons (Fsp3) is 0.556. The summed E-state index contributed by atoms with van der Waals surface area (Å²) in [5.74, 6) is 1.78. The Kier molecular flexibility index (Phi) is 5.24. The zero-order valence-corrected chi connectivity index (χ0v) is 12.8. The molecule has 3 atom stereocenters. The SMILES string of the molecule is CCCOc1ccc(C(O)C2CC(C)=CC(C)C2)cc1. The lowest BCUT2D eigenvalue weighted by Gasteiger charge is -2.29. The van der Waals surface area contributed by atoms with Crippen molar-refractivity contribution in [2.75, 3.05) is 6.61 Å². The maximum atomic E-state index is 10.6. The van der Waals surface area contributed by atoms with Gasteiger partial charge in [-0.3, -0.25) is 0 Å². The molecule has 0 heterocycles. The molecule has 1 aromatic rings. The van der Waals surface area contributed by atoms with Crippen molar-refractivity contribution in [3.05, 3.63) is 41.5 Å². The number of rotatable bonds is 5. The molecule has 20 heavy (non-hydrogen) atoms. The summed E-state index contributed by atoms with van der Waals surface area (Å²) < 4.78 is 5.58. The zero-order valence-electron chi connectivity index (χ0n) is 12.8. The number of aliphatic hydroxyl groups excluding tert-OH is 1. The summed E-state index contributed by atoms with van der Waals surface area (Å²) >= 11 is 0. The van der Waals surface area contributed by atoms with Crippen LogP contribution in [0.5, 0.6) is 5.75 Å². The van der Waals surface area contributed by atoms with Crippen LogP contribution in [0.3, 0.4) is 0 Å². The molecule has 2 rings (SSSR count). The van der Waals surface area contributed by atoms with Crippen LogP contribution in [0.2, 0.25) is 0 Å². The molecule has 0 bridgehead atoms. The topological polar surface area (TPSA) is 29.5 Å². The molecule has 0 amide bonds. The molecule has 2 heteroatoms. The Morgan fingerprint density at radius 2 is 2.00 bits per heavy atom. The van der Waals surface area contributed by atoms with E-state index in [1.807, 2.05) is 24.3 Å². The number of benzene rings is 1. The summed E-state index contributed by atoms with van der Waals surface area (Å²) in [6, 6.07) is 7.91. The highest BCUT2D eigenvalue weighted by Crippen LogP contribution is 2.36. The minimum absolute atomic E-state index is 0.331. The smallest absolute Gasteiger partial charge is 0.119 e. The summed E-state index contributed by atoms with van der Waals surface area (Å²) in [6.07, 6.45) is 5.02. The minimum Gasteiger partial charge on any atom is -0.494 e. The van der Waals surface area contributed by atoms with Gasteiger partial charge in [0.15, 0.2) is 0 Å². The Hall–Kier alpha value is -1.28. The van der Waals surface area contributed by atoms with E-state index in [-0.39, 0.29) is 6.10 Å². The molecule has 0 fully saturated rings. The van der Waals surface area contributed by atoms with Crippen molar-refractivity contribution in [1.29, 1.82) is 0 Å². The van der Waals surface area contributed by atoms with Crippen molar-refractivity contribution in [1.82, 2.24) is 0 Å². The van der Waals surface area contributed by atoms with Gasteiger partial charge >= 0.3 is 0 Å². The highest BCUT2D eigenvalue weighted by Gasteiger charge is 2.25. The third kappa shape index (κ3) is 3.86. The van der Waals surface area contributed by atoms with Crippen LogP contribution < -0.4 is 4.74 Å². The van der Waals surface area contributed by atoms with Crippen LogP contribution in [0, 0.1) is 11.8 Å². The summed E-state index contributed by atoms with van der Waals surface area (Å²) in [6.45, 7) is 7.23. The van der Waals surface area contributed by atoms with Crippen LogP contribution in [0.1, 0.15) is 51.7 Å². The Morgan fingerprint density at radius 3 is 2.60 bits per heavy atom. The van der Waals surface area contributed by atoms with Gasteiger partial charge in [-0.1, -0.05) is 37.6 Å². The van der Waals surface area contributed by atoms with E-state index in [1.54, 1.807) is 0 Å². The Balaban J connectivity index is 2.02. The van der Waals surface area contributed by atoms with E-state index >= 15 is 0 Å². The maximum absolute atomic E-state index is 10.6. The van der Waals surface area contributed by atoms with Gasteiger partial charge in [0.1, 0.15) is 5.75 Å². The van der Waals surface area contributed by atoms with E-state index in [0.717, 1.165) is 37.2 Å². The second-order valence-corrected chi connectivity index (χ2v) is 6.05. The molecule has 0 aromatic heterocycles. The molecule has 1 aromatic carbocycles.